The molecule has 0 aromatic heterocycles. The lowest BCUT2D eigenvalue weighted by Crippen LogP contribution is -2.18. The molecule has 0 rings (SSSR count). The van der Waals surface area contributed by atoms with Crippen LogP contribution in [0.2, 0.25) is 0 Å². The fourth-order valence-corrected chi connectivity index (χ4v) is 1.94. The predicted molar refractivity (Wildman–Crippen MR) is 73.7 cm³/mol. The molecule has 0 fully saturated rings. The van der Waals surface area contributed by atoms with Gasteiger partial charge in [-0.1, -0.05) is 6.92 Å². The zero-order valence-corrected chi connectivity index (χ0v) is 11.9. The van der Waals surface area contributed by atoms with Crippen molar-refractivity contribution >= 4 is 0 Å². The van der Waals surface area contributed by atoms with Gasteiger partial charge in [0.2, 0.25) is 0 Å². The molecule has 0 spiro atoms. The maximum absolute atomic E-state index is 9.70. The van der Waals surface area contributed by atoms with Crippen LogP contribution in [0, 0.1) is 0 Å². The summed E-state index contributed by atoms with van der Waals surface area (Å²) in [6.45, 7) is 1.86. The standard InChI is InChI=1S/C14H30O5/c1-2-11(16)3-4-12(17)5-6-13(18)7-8-14(19)9-10-15/h11-19H,2-10H2,1H3. The lowest BCUT2D eigenvalue weighted by atomic mass is 10.00. The third kappa shape index (κ3) is 11.3. The molecule has 116 valence electrons. The summed E-state index contributed by atoms with van der Waals surface area (Å²) >= 11 is 0. The summed E-state index contributed by atoms with van der Waals surface area (Å²) in [5, 5.41) is 46.8. The highest BCUT2D eigenvalue weighted by Crippen LogP contribution is 2.13. The topological polar surface area (TPSA) is 101 Å². The summed E-state index contributed by atoms with van der Waals surface area (Å²) in [7, 11) is 0. The second-order valence-electron chi connectivity index (χ2n) is 5.27. The fourth-order valence-electron chi connectivity index (χ4n) is 1.94. The van der Waals surface area contributed by atoms with Crippen molar-refractivity contribution in [3.63, 3.8) is 0 Å². The minimum Gasteiger partial charge on any atom is -0.396 e. The number of aliphatic hydroxyl groups excluding tert-OH is 5. The molecular formula is C14H30O5. The van der Waals surface area contributed by atoms with E-state index in [1.54, 1.807) is 0 Å². The number of aliphatic hydroxyl groups is 5. The Hall–Kier alpha value is -0.200. The third-order valence-electron chi connectivity index (χ3n) is 3.43. The van der Waals surface area contributed by atoms with E-state index in [2.05, 4.69) is 0 Å². The highest BCUT2D eigenvalue weighted by Gasteiger charge is 2.13. The highest BCUT2D eigenvalue weighted by atomic mass is 16.3. The molecular weight excluding hydrogens is 248 g/mol. The molecule has 4 unspecified atom stereocenters. The van der Waals surface area contributed by atoms with E-state index in [0.717, 1.165) is 0 Å². The SMILES string of the molecule is CCC(O)CCC(O)CCC(O)CCC(O)CCO. The van der Waals surface area contributed by atoms with Crippen LogP contribution in [0.25, 0.3) is 0 Å². The maximum atomic E-state index is 9.70. The van der Waals surface area contributed by atoms with Crippen LogP contribution in [0.1, 0.15) is 58.3 Å². The number of hydrogen-bond acceptors (Lipinski definition) is 5. The second-order valence-corrected chi connectivity index (χ2v) is 5.27. The van der Waals surface area contributed by atoms with Crippen LogP contribution in [-0.4, -0.2) is 56.6 Å². The summed E-state index contributed by atoms with van der Waals surface area (Å²) in [5.41, 5.74) is 0. The van der Waals surface area contributed by atoms with Crippen LogP contribution >= 0.6 is 0 Å². The van der Waals surface area contributed by atoms with Gasteiger partial charge in [0.25, 0.3) is 0 Å². The Morgan fingerprint density at radius 1 is 0.579 bits per heavy atom. The molecule has 0 saturated carbocycles. The van der Waals surface area contributed by atoms with Crippen molar-refractivity contribution in [3.05, 3.63) is 0 Å². The molecule has 0 aliphatic rings. The lowest BCUT2D eigenvalue weighted by Gasteiger charge is -2.16. The molecule has 0 bridgehead atoms. The Morgan fingerprint density at radius 2 is 0.895 bits per heavy atom. The van der Waals surface area contributed by atoms with Crippen molar-refractivity contribution in [3.8, 4) is 0 Å². The monoisotopic (exact) mass is 278 g/mol. The van der Waals surface area contributed by atoms with Gasteiger partial charge in [-0.2, -0.15) is 0 Å². The van der Waals surface area contributed by atoms with Crippen LogP contribution < -0.4 is 0 Å². The van der Waals surface area contributed by atoms with E-state index in [1.165, 1.54) is 0 Å². The van der Waals surface area contributed by atoms with Crippen LogP contribution in [0.15, 0.2) is 0 Å². The Balaban J connectivity index is 3.57. The largest absolute Gasteiger partial charge is 0.396 e. The van der Waals surface area contributed by atoms with Crippen molar-refractivity contribution in [1.82, 2.24) is 0 Å². The molecule has 0 heterocycles. The normalized spacial score (nSPS) is 18.0. The molecule has 0 aromatic carbocycles. The molecule has 0 aromatic rings. The van der Waals surface area contributed by atoms with Crippen LogP contribution in [-0.2, 0) is 0 Å². The number of hydrogen-bond donors (Lipinski definition) is 5. The van der Waals surface area contributed by atoms with Gasteiger partial charge in [0.1, 0.15) is 0 Å². The summed E-state index contributed by atoms with van der Waals surface area (Å²) in [4.78, 5) is 0. The van der Waals surface area contributed by atoms with Crippen LogP contribution in [0.5, 0.6) is 0 Å². The zero-order chi connectivity index (χ0) is 14.7. The summed E-state index contributed by atoms with van der Waals surface area (Å²) in [6, 6.07) is 0. The Kier molecular flexibility index (Phi) is 11.5. The Bertz CT molecular complexity index is 200. The van der Waals surface area contributed by atoms with E-state index in [4.69, 9.17) is 5.11 Å². The van der Waals surface area contributed by atoms with Crippen molar-refractivity contribution in [2.24, 2.45) is 0 Å². The first-order chi connectivity index (χ1) is 8.99. The first-order valence-electron chi connectivity index (χ1n) is 7.32. The molecule has 0 saturated heterocycles. The highest BCUT2D eigenvalue weighted by molar-refractivity contribution is 4.66. The minimum absolute atomic E-state index is 0.0459. The van der Waals surface area contributed by atoms with Gasteiger partial charge in [-0.25, -0.2) is 0 Å². The van der Waals surface area contributed by atoms with Crippen molar-refractivity contribution < 1.29 is 25.5 Å². The van der Waals surface area contributed by atoms with Gasteiger partial charge in [-0.3, -0.25) is 0 Å². The van der Waals surface area contributed by atoms with Crippen LogP contribution in [0.3, 0.4) is 0 Å². The van der Waals surface area contributed by atoms with E-state index < -0.39 is 18.3 Å². The first kappa shape index (κ1) is 18.8. The summed E-state index contributed by atoms with van der Waals surface area (Å²) in [6.07, 6.45) is 2.18. The van der Waals surface area contributed by atoms with Crippen LogP contribution in [0.4, 0.5) is 0 Å². The van der Waals surface area contributed by atoms with Crippen molar-refractivity contribution in [2.45, 2.75) is 82.7 Å². The van der Waals surface area contributed by atoms with Gasteiger partial charge in [0, 0.05) is 6.61 Å². The van der Waals surface area contributed by atoms with Gasteiger partial charge in [-0.15, -0.1) is 0 Å². The predicted octanol–water partition coefficient (Wildman–Crippen LogP) is 0.563. The molecule has 19 heavy (non-hydrogen) atoms. The third-order valence-corrected chi connectivity index (χ3v) is 3.43. The van der Waals surface area contributed by atoms with Crippen molar-refractivity contribution in [2.75, 3.05) is 6.61 Å². The molecule has 5 heteroatoms. The smallest absolute Gasteiger partial charge is 0.0563 e. The minimum atomic E-state index is -0.565. The Morgan fingerprint density at radius 3 is 1.21 bits per heavy atom. The molecule has 0 amide bonds. The van der Waals surface area contributed by atoms with E-state index in [1.807, 2.05) is 6.92 Å². The van der Waals surface area contributed by atoms with Gasteiger partial charge in [0.15, 0.2) is 0 Å². The van der Waals surface area contributed by atoms with E-state index in [0.29, 0.717) is 51.4 Å². The second kappa shape index (κ2) is 11.6. The van der Waals surface area contributed by atoms with Gasteiger partial charge >= 0.3 is 0 Å². The summed E-state index contributed by atoms with van der Waals surface area (Å²) < 4.78 is 0. The zero-order valence-electron chi connectivity index (χ0n) is 11.9. The van der Waals surface area contributed by atoms with Gasteiger partial charge in [-0.05, 0) is 51.4 Å². The average molecular weight is 278 g/mol. The molecule has 0 aliphatic heterocycles. The quantitative estimate of drug-likeness (QED) is 0.359. The first-order valence-corrected chi connectivity index (χ1v) is 7.32. The van der Waals surface area contributed by atoms with E-state index in [9.17, 15) is 20.4 Å². The summed E-state index contributed by atoms with van der Waals surface area (Å²) in [5.74, 6) is 0. The Labute approximate surface area is 115 Å². The van der Waals surface area contributed by atoms with E-state index >= 15 is 0 Å². The van der Waals surface area contributed by atoms with Gasteiger partial charge in [0.05, 0.1) is 24.4 Å². The molecule has 0 radical (unpaired) electrons. The van der Waals surface area contributed by atoms with Gasteiger partial charge < -0.3 is 25.5 Å². The molecule has 5 nitrogen and oxygen atoms in total. The average Bonchev–Trinajstić information content (AvgIpc) is 2.40. The van der Waals surface area contributed by atoms with E-state index in [-0.39, 0.29) is 12.7 Å². The fraction of sp³-hybridized carbons (Fsp3) is 1.00. The number of rotatable bonds is 12. The maximum Gasteiger partial charge on any atom is 0.0563 e. The molecule has 5 N–H and O–H groups in total. The lowest BCUT2D eigenvalue weighted by molar-refractivity contribution is 0.0704. The van der Waals surface area contributed by atoms with Crippen molar-refractivity contribution in [1.29, 1.82) is 0 Å². The molecule has 4 atom stereocenters. The molecule has 0 aliphatic carbocycles.